The van der Waals surface area contributed by atoms with Gasteiger partial charge in [0.05, 0.1) is 20.3 Å². The maximum Gasteiger partial charge on any atom is 0.237 e. The van der Waals surface area contributed by atoms with Crippen LogP contribution in [-0.2, 0) is 11.2 Å². The minimum Gasteiger partial charge on any atom is -0.497 e. The zero-order chi connectivity index (χ0) is 12.8. The van der Waals surface area contributed by atoms with Crippen molar-refractivity contribution < 1.29 is 14.3 Å². The van der Waals surface area contributed by atoms with E-state index >= 15 is 0 Å². The van der Waals surface area contributed by atoms with Crippen molar-refractivity contribution in [1.29, 1.82) is 0 Å². The van der Waals surface area contributed by atoms with Crippen molar-refractivity contribution in [3.05, 3.63) is 23.8 Å². The van der Waals surface area contributed by atoms with Gasteiger partial charge in [-0.15, -0.1) is 0 Å². The Balaban J connectivity index is 2.91. The molecule has 5 heteroatoms. The summed E-state index contributed by atoms with van der Waals surface area (Å²) in [5.74, 6) is 1.21. The summed E-state index contributed by atoms with van der Waals surface area (Å²) >= 11 is 0. The van der Waals surface area contributed by atoms with Crippen molar-refractivity contribution in [2.75, 3.05) is 21.3 Å². The fourth-order valence-corrected chi connectivity index (χ4v) is 1.56. The van der Waals surface area contributed by atoms with Crippen LogP contribution in [0.1, 0.15) is 5.56 Å². The zero-order valence-corrected chi connectivity index (χ0v) is 10.3. The molecule has 0 heterocycles. The third-order valence-corrected chi connectivity index (χ3v) is 2.51. The van der Waals surface area contributed by atoms with Crippen LogP contribution in [0.25, 0.3) is 0 Å². The van der Waals surface area contributed by atoms with E-state index in [1.807, 2.05) is 6.07 Å². The number of methoxy groups -OCH3 is 2. The molecule has 0 aliphatic heterocycles. The van der Waals surface area contributed by atoms with Gasteiger partial charge in [-0.05, 0) is 23.8 Å². The van der Waals surface area contributed by atoms with Gasteiger partial charge in [0.2, 0.25) is 5.91 Å². The molecular weight excluding hydrogens is 220 g/mol. The summed E-state index contributed by atoms with van der Waals surface area (Å²) in [4.78, 5) is 11.4. The third kappa shape index (κ3) is 3.35. The van der Waals surface area contributed by atoms with E-state index in [2.05, 4.69) is 5.32 Å². The molecule has 0 radical (unpaired) electrons. The molecule has 0 saturated carbocycles. The van der Waals surface area contributed by atoms with Crippen LogP contribution in [0.15, 0.2) is 18.2 Å². The molecule has 3 N–H and O–H groups in total. The summed E-state index contributed by atoms with van der Waals surface area (Å²) in [5.41, 5.74) is 6.62. The van der Waals surface area contributed by atoms with Gasteiger partial charge in [-0.3, -0.25) is 4.79 Å². The van der Waals surface area contributed by atoms with Gasteiger partial charge in [0.25, 0.3) is 0 Å². The number of likely N-dealkylation sites (N-methyl/N-ethyl adjacent to an activating group) is 1. The summed E-state index contributed by atoms with van der Waals surface area (Å²) in [6, 6.07) is 4.82. The van der Waals surface area contributed by atoms with E-state index in [9.17, 15) is 4.79 Å². The summed E-state index contributed by atoms with van der Waals surface area (Å²) in [6.45, 7) is 0. The molecule has 17 heavy (non-hydrogen) atoms. The molecule has 1 aromatic carbocycles. The van der Waals surface area contributed by atoms with E-state index in [1.54, 1.807) is 33.4 Å². The first-order valence-electron chi connectivity index (χ1n) is 5.30. The number of hydrogen-bond donors (Lipinski definition) is 2. The Hall–Kier alpha value is -1.75. The molecule has 0 saturated heterocycles. The maximum absolute atomic E-state index is 11.4. The molecule has 0 aliphatic carbocycles. The maximum atomic E-state index is 11.4. The summed E-state index contributed by atoms with van der Waals surface area (Å²) in [5, 5.41) is 2.52. The second kappa shape index (κ2) is 6.10. The molecule has 1 rings (SSSR count). The monoisotopic (exact) mass is 238 g/mol. The highest BCUT2D eigenvalue weighted by Crippen LogP contribution is 2.24. The largest absolute Gasteiger partial charge is 0.497 e. The molecule has 0 spiro atoms. The lowest BCUT2D eigenvalue weighted by Crippen LogP contribution is -2.40. The first-order valence-corrected chi connectivity index (χ1v) is 5.30. The lowest BCUT2D eigenvalue weighted by Gasteiger charge is -2.14. The van der Waals surface area contributed by atoms with E-state index in [1.165, 1.54) is 0 Å². The van der Waals surface area contributed by atoms with Crippen molar-refractivity contribution in [1.82, 2.24) is 5.32 Å². The fraction of sp³-hybridized carbons (Fsp3) is 0.417. The number of nitrogens with two attached hydrogens (primary N) is 1. The molecule has 1 unspecified atom stereocenters. The number of carbonyl (C=O) groups is 1. The highest BCUT2D eigenvalue weighted by molar-refractivity contribution is 5.81. The number of nitrogens with one attached hydrogen (secondary N) is 1. The Morgan fingerprint density at radius 3 is 2.65 bits per heavy atom. The van der Waals surface area contributed by atoms with Crippen molar-refractivity contribution in [2.24, 2.45) is 5.73 Å². The van der Waals surface area contributed by atoms with Gasteiger partial charge in [-0.25, -0.2) is 0 Å². The van der Waals surface area contributed by atoms with E-state index in [0.717, 1.165) is 5.56 Å². The number of hydrogen-bond acceptors (Lipinski definition) is 4. The normalized spacial score (nSPS) is 11.8. The van der Waals surface area contributed by atoms with Crippen LogP contribution in [0.5, 0.6) is 11.5 Å². The number of carbonyl (C=O) groups excluding carboxylic acids is 1. The quantitative estimate of drug-likeness (QED) is 0.774. The fourth-order valence-electron chi connectivity index (χ4n) is 1.56. The van der Waals surface area contributed by atoms with Gasteiger partial charge in [-0.2, -0.15) is 0 Å². The van der Waals surface area contributed by atoms with Gasteiger partial charge in [0.15, 0.2) is 0 Å². The predicted octanol–water partition coefficient (Wildman–Crippen LogP) is 0.320. The Morgan fingerprint density at radius 2 is 2.12 bits per heavy atom. The first-order chi connectivity index (χ1) is 8.12. The van der Waals surface area contributed by atoms with Crippen LogP contribution in [0.4, 0.5) is 0 Å². The highest BCUT2D eigenvalue weighted by Gasteiger charge is 2.15. The molecular formula is C12H18N2O3. The number of benzene rings is 1. The molecule has 0 aromatic heterocycles. The Labute approximate surface area is 101 Å². The molecule has 0 bridgehead atoms. The van der Waals surface area contributed by atoms with Gasteiger partial charge in [0, 0.05) is 13.5 Å². The van der Waals surface area contributed by atoms with E-state index in [-0.39, 0.29) is 5.91 Å². The third-order valence-electron chi connectivity index (χ3n) is 2.51. The van der Waals surface area contributed by atoms with Gasteiger partial charge in [-0.1, -0.05) is 0 Å². The van der Waals surface area contributed by atoms with Crippen LogP contribution in [-0.4, -0.2) is 33.2 Å². The van der Waals surface area contributed by atoms with Crippen LogP contribution in [0.3, 0.4) is 0 Å². The SMILES string of the molecule is CNC(=O)C(N)Cc1cc(OC)ccc1OC. The summed E-state index contributed by atoms with van der Waals surface area (Å²) in [6.07, 6.45) is 0.403. The standard InChI is InChI=1S/C12H18N2O3/c1-14-12(15)10(13)7-8-6-9(16-2)4-5-11(8)17-3/h4-6,10H,7,13H2,1-3H3,(H,14,15). The number of ether oxygens (including phenoxy) is 2. The number of amides is 1. The van der Waals surface area contributed by atoms with Crippen LogP contribution < -0.4 is 20.5 Å². The highest BCUT2D eigenvalue weighted by atomic mass is 16.5. The lowest BCUT2D eigenvalue weighted by atomic mass is 10.0. The summed E-state index contributed by atoms with van der Waals surface area (Å²) < 4.78 is 10.3. The topological polar surface area (TPSA) is 73.6 Å². The second-order valence-corrected chi connectivity index (χ2v) is 3.60. The van der Waals surface area contributed by atoms with Gasteiger partial charge >= 0.3 is 0 Å². The van der Waals surface area contributed by atoms with Gasteiger partial charge in [0.1, 0.15) is 11.5 Å². The lowest BCUT2D eigenvalue weighted by molar-refractivity contribution is -0.121. The molecule has 0 aliphatic rings. The van der Waals surface area contributed by atoms with Crippen LogP contribution in [0.2, 0.25) is 0 Å². The molecule has 0 fully saturated rings. The van der Waals surface area contributed by atoms with Crippen molar-refractivity contribution >= 4 is 5.91 Å². The molecule has 5 nitrogen and oxygen atoms in total. The second-order valence-electron chi connectivity index (χ2n) is 3.60. The molecule has 1 atom stereocenters. The Kier molecular flexibility index (Phi) is 4.78. The minimum atomic E-state index is -0.596. The van der Waals surface area contributed by atoms with E-state index < -0.39 is 6.04 Å². The minimum absolute atomic E-state index is 0.199. The van der Waals surface area contributed by atoms with Crippen molar-refractivity contribution in [3.8, 4) is 11.5 Å². The summed E-state index contributed by atoms with van der Waals surface area (Å²) in [7, 11) is 4.73. The van der Waals surface area contributed by atoms with Crippen LogP contribution >= 0.6 is 0 Å². The predicted molar refractivity (Wildman–Crippen MR) is 65.3 cm³/mol. The average molecular weight is 238 g/mol. The first kappa shape index (κ1) is 13.3. The smallest absolute Gasteiger partial charge is 0.237 e. The van der Waals surface area contributed by atoms with Crippen LogP contribution in [0, 0.1) is 0 Å². The molecule has 1 amide bonds. The molecule has 94 valence electrons. The van der Waals surface area contributed by atoms with Gasteiger partial charge < -0.3 is 20.5 Å². The average Bonchev–Trinajstić information content (AvgIpc) is 2.37. The Morgan fingerprint density at radius 1 is 1.41 bits per heavy atom. The van der Waals surface area contributed by atoms with Crippen molar-refractivity contribution in [3.63, 3.8) is 0 Å². The molecule has 1 aromatic rings. The van der Waals surface area contributed by atoms with E-state index in [4.69, 9.17) is 15.2 Å². The zero-order valence-electron chi connectivity index (χ0n) is 10.3. The van der Waals surface area contributed by atoms with E-state index in [0.29, 0.717) is 17.9 Å². The van der Waals surface area contributed by atoms with Crippen molar-refractivity contribution in [2.45, 2.75) is 12.5 Å². The number of rotatable bonds is 5. The Bertz CT molecular complexity index is 393.